The highest BCUT2D eigenvalue weighted by atomic mass is 35.5. The first-order chi connectivity index (χ1) is 8.56. The van der Waals surface area contributed by atoms with Gasteiger partial charge >= 0.3 is 0 Å². The molecule has 0 spiro atoms. The summed E-state index contributed by atoms with van der Waals surface area (Å²) in [5.41, 5.74) is -0.197. The van der Waals surface area contributed by atoms with Gasteiger partial charge in [-0.15, -0.1) is 0 Å². The van der Waals surface area contributed by atoms with E-state index in [0.717, 1.165) is 25.7 Å². The van der Waals surface area contributed by atoms with Crippen molar-refractivity contribution in [2.75, 3.05) is 6.61 Å². The van der Waals surface area contributed by atoms with Crippen LogP contribution in [0.25, 0.3) is 0 Å². The van der Waals surface area contributed by atoms with E-state index in [9.17, 15) is 9.90 Å². The second kappa shape index (κ2) is 5.33. The molecule has 1 heterocycles. The third-order valence-electron chi connectivity index (χ3n) is 3.64. The van der Waals surface area contributed by atoms with E-state index in [1.165, 1.54) is 12.3 Å². The number of hydrogen-bond donors (Lipinski definition) is 2. The SMILES string of the molecule is CC1CCCC(CO)(NC(=O)c2ccoc2Cl)C1. The third-order valence-corrected chi connectivity index (χ3v) is 3.93. The molecule has 0 aromatic carbocycles. The highest BCUT2D eigenvalue weighted by Gasteiger charge is 2.36. The van der Waals surface area contributed by atoms with Crippen molar-refractivity contribution in [3.63, 3.8) is 0 Å². The van der Waals surface area contributed by atoms with Crippen LogP contribution >= 0.6 is 11.6 Å². The highest BCUT2D eigenvalue weighted by Crippen LogP contribution is 2.32. The van der Waals surface area contributed by atoms with E-state index < -0.39 is 5.54 Å². The fourth-order valence-electron chi connectivity index (χ4n) is 2.72. The summed E-state index contributed by atoms with van der Waals surface area (Å²) in [5.74, 6) is 0.225. The van der Waals surface area contributed by atoms with Crippen molar-refractivity contribution in [3.05, 3.63) is 23.1 Å². The second-order valence-electron chi connectivity index (χ2n) is 5.20. The molecule has 2 atom stereocenters. The highest BCUT2D eigenvalue weighted by molar-refractivity contribution is 6.32. The van der Waals surface area contributed by atoms with Gasteiger partial charge in [-0.3, -0.25) is 4.79 Å². The molecule has 2 N–H and O–H groups in total. The zero-order valence-electron chi connectivity index (χ0n) is 10.4. The fraction of sp³-hybridized carbons (Fsp3) is 0.615. The lowest BCUT2D eigenvalue weighted by molar-refractivity contribution is 0.0696. The van der Waals surface area contributed by atoms with Crippen LogP contribution in [0.5, 0.6) is 0 Å². The van der Waals surface area contributed by atoms with Crippen molar-refractivity contribution in [3.8, 4) is 0 Å². The summed E-state index contributed by atoms with van der Waals surface area (Å²) in [4.78, 5) is 12.1. The Balaban J connectivity index is 2.11. The van der Waals surface area contributed by atoms with Crippen molar-refractivity contribution in [2.45, 2.75) is 38.1 Å². The largest absolute Gasteiger partial charge is 0.452 e. The quantitative estimate of drug-likeness (QED) is 0.888. The van der Waals surface area contributed by atoms with Crippen LogP contribution < -0.4 is 5.32 Å². The normalized spacial score (nSPS) is 28.1. The maximum atomic E-state index is 12.1. The number of aliphatic hydroxyl groups excluding tert-OH is 1. The Labute approximate surface area is 111 Å². The summed E-state index contributed by atoms with van der Waals surface area (Å²) in [6.45, 7) is 2.10. The number of furan rings is 1. The van der Waals surface area contributed by atoms with E-state index in [2.05, 4.69) is 12.2 Å². The van der Waals surface area contributed by atoms with Gasteiger partial charge in [-0.25, -0.2) is 0 Å². The lowest BCUT2D eigenvalue weighted by Gasteiger charge is -2.39. The van der Waals surface area contributed by atoms with E-state index in [0.29, 0.717) is 11.5 Å². The van der Waals surface area contributed by atoms with Gasteiger partial charge in [-0.05, 0) is 36.4 Å². The van der Waals surface area contributed by atoms with E-state index in [1.807, 2.05) is 0 Å². The van der Waals surface area contributed by atoms with Gasteiger partial charge in [0.1, 0.15) is 0 Å². The molecule has 1 fully saturated rings. The number of nitrogens with one attached hydrogen (secondary N) is 1. The molecule has 5 heteroatoms. The molecule has 2 rings (SSSR count). The van der Waals surface area contributed by atoms with Crippen LogP contribution in [-0.4, -0.2) is 23.2 Å². The van der Waals surface area contributed by atoms with Crippen molar-refractivity contribution in [1.82, 2.24) is 5.32 Å². The van der Waals surface area contributed by atoms with Gasteiger partial charge in [0.15, 0.2) is 0 Å². The van der Waals surface area contributed by atoms with Gasteiger partial charge in [0.25, 0.3) is 5.91 Å². The summed E-state index contributed by atoms with van der Waals surface area (Å²) in [5, 5.41) is 12.6. The Morgan fingerprint density at radius 3 is 3.06 bits per heavy atom. The first kappa shape index (κ1) is 13.4. The van der Waals surface area contributed by atoms with Crippen LogP contribution in [0, 0.1) is 5.92 Å². The molecule has 0 radical (unpaired) electrons. The van der Waals surface area contributed by atoms with Crippen LogP contribution in [-0.2, 0) is 0 Å². The summed E-state index contributed by atoms with van der Waals surface area (Å²) in [7, 11) is 0. The number of aliphatic hydroxyl groups is 1. The average Bonchev–Trinajstić information content (AvgIpc) is 2.75. The molecule has 1 aliphatic carbocycles. The summed E-state index contributed by atoms with van der Waals surface area (Å²) in [6.07, 6.45) is 5.14. The van der Waals surface area contributed by atoms with Crippen molar-refractivity contribution < 1.29 is 14.3 Å². The van der Waals surface area contributed by atoms with Crippen molar-refractivity contribution in [2.24, 2.45) is 5.92 Å². The number of halogens is 1. The van der Waals surface area contributed by atoms with Gasteiger partial charge in [0.2, 0.25) is 5.22 Å². The molecule has 18 heavy (non-hydrogen) atoms. The predicted octanol–water partition coefficient (Wildman–Crippen LogP) is 2.60. The molecule has 0 aliphatic heterocycles. The Kier molecular flexibility index (Phi) is 3.97. The van der Waals surface area contributed by atoms with Crippen molar-refractivity contribution in [1.29, 1.82) is 0 Å². The maximum Gasteiger partial charge on any atom is 0.256 e. The predicted molar refractivity (Wildman–Crippen MR) is 68.6 cm³/mol. The van der Waals surface area contributed by atoms with E-state index >= 15 is 0 Å². The van der Waals surface area contributed by atoms with Crippen LogP contribution in [0.1, 0.15) is 43.0 Å². The number of carbonyl (C=O) groups excluding carboxylic acids is 1. The molecule has 2 unspecified atom stereocenters. The molecular formula is C13H18ClNO3. The molecule has 0 saturated heterocycles. The Morgan fingerprint density at radius 2 is 2.50 bits per heavy atom. The average molecular weight is 272 g/mol. The summed E-state index contributed by atoms with van der Waals surface area (Å²) in [6, 6.07) is 1.54. The Bertz CT molecular complexity index is 432. The molecule has 1 saturated carbocycles. The van der Waals surface area contributed by atoms with Gasteiger partial charge in [-0.2, -0.15) is 0 Å². The molecule has 1 aliphatic rings. The van der Waals surface area contributed by atoms with Crippen LogP contribution in [0.2, 0.25) is 5.22 Å². The molecular weight excluding hydrogens is 254 g/mol. The maximum absolute atomic E-state index is 12.1. The molecule has 1 amide bonds. The molecule has 1 aromatic heterocycles. The molecule has 0 bridgehead atoms. The van der Waals surface area contributed by atoms with Crippen molar-refractivity contribution >= 4 is 17.5 Å². The lowest BCUT2D eigenvalue weighted by atomic mass is 9.76. The summed E-state index contributed by atoms with van der Waals surface area (Å²) < 4.78 is 4.90. The number of carbonyl (C=O) groups is 1. The van der Waals surface area contributed by atoms with Gasteiger partial charge in [-0.1, -0.05) is 19.8 Å². The van der Waals surface area contributed by atoms with E-state index in [4.69, 9.17) is 16.0 Å². The summed E-state index contributed by atoms with van der Waals surface area (Å²) >= 11 is 5.78. The smallest absolute Gasteiger partial charge is 0.256 e. The molecule has 4 nitrogen and oxygen atoms in total. The lowest BCUT2D eigenvalue weighted by Crippen LogP contribution is -2.53. The zero-order valence-corrected chi connectivity index (χ0v) is 11.2. The second-order valence-corrected chi connectivity index (χ2v) is 5.55. The van der Waals surface area contributed by atoms with Crippen LogP contribution in [0.15, 0.2) is 16.7 Å². The van der Waals surface area contributed by atoms with Crippen LogP contribution in [0.3, 0.4) is 0 Å². The topological polar surface area (TPSA) is 62.5 Å². The Morgan fingerprint density at radius 1 is 1.72 bits per heavy atom. The first-order valence-electron chi connectivity index (χ1n) is 6.23. The fourth-order valence-corrected chi connectivity index (χ4v) is 2.92. The minimum Gasteiger partial charge on any atom is -0.452 e. The minimum atomic E-state index is -0.519. The standard InChI is InChI=1S/C13H18ClNO3/c1-9-3-2-5-13(7-9,8-16)15-12(17)10-4-6-18-11(10)14/h4,6,9,16H,2-3,5,7-8H2,1H3,(H,15,17). The molecule has 100 valence electrons. The number of amides is 1. The first-order valence-corrected chi connectivity index (χ1v) is 6.60. The van der Waals surface area contributed by atoms with E-state index in [1.54, 1.807) is 0 Å². The zero-order chi connectivity index (χ0) is 13.2. The van der Waals surface area contributed by atoms with Gasteiger partial charge < -0.3 is 14.8 Å². The van der Waals surface area contributed by atoms with Gasteiger partial charge in [0, 0.05) is 0 Å². The Hall–Kier alpha value is -1.00. The minimum absolute atomic E-state index is 0.0431. The van der Waals surface area contributed by atoms with E-state index in [-0.39, 0.29) is 17.7 Å². The monoisotopic (exact) mass is 271 g/mol. The van der Waals surface area contributed by atoms with Crippen LogP contribution in [0.4, 0.5) is 0 Å². The number of hydrogen-bond acceptors (Lipinski definition) is 3. The van der Waals surface area contributed by atoms with Gasteiger partial charge in [0.05, 0.1) is 24.0 Å². The molecule has 1 aromatic rings. The number of rotatable bonds is 3. The third kappa shape index (κ3) is 2.70.